The summed E-state index contributed by atoms with van der Waals surface area (Å²) in [5.74, 6) is 0.0152. The monoisotopic (exact) mass is 449 g/mol. The molecule has 0 radical (unpaired) electrons. The van der Waals surface area contributed by atoms with Crippen LogP contribution in [0.1, 0.15) is 41.1 Å². The molecule has 170 valence electrons. The molecule has 0 amide bonds. The molecule has 1 aliphatic rings. The van der Waals surface area contributed by atoms with Gasteiger partial charge in [0.1, 0.15) is 0 Å². The van der Waals surface area contributed by atoms with Crippen LogP contribution in [0.2, 0.25) is 0 Å². The predicted molar refractivity (Wildman–Crippen MR) is 134 cm³/mol. The van der Waals surface area contributed by atoms with E-state index in [-0.39, 0.29) is 11.8 Å². The van der Waals surface area contributed by atoms with Crippen LogP contribution in [0.3, 0.4) is 0 Å². The summed E-state index contributed by atoms with van der Waals surface area (Å²) >= 11 is 0. The zero-order valence-electron chi connectivity index (χ0n) is 19.1. The fraction of sp³-hybridized carbons (Fsp3) is 0.200. The SMILES string of the molecule is Cc1noc(-c2ccc(-c3ccc([C@@H]4C[C@H]4C(=O)O)cc3)cc2)c1C=CCCc1ccccc1. The van der Waals surface area contributed by atoms with Crippen LogP contribution in [-0.4, -0.2) is 16.2 Å². The predicted octanol–water partition coefficient (Wildman–Crippen LogP) is 7.15. The Bertz CT molecular complexity index is 1300. The lowest BCUT2D eigenvalue weighted by atomic mass is 9.99. The van der Waals surface area contributed by atoms with Crippen molar-refractivity contribution in [2.45, 2.75) is 32.1 Å². The van der Waals surface area contributed by atoms with Gasteiger partial charge in [0.25, 0.3) is 0 Å². The van der Waals surface area contributed by atoms with Gasteiger partial charge in [-0.15, -0.1) is 0 Å². The largest absolute Gasteiger partial charge is 0.481 e. The molecule has 4 heteroatoms. The van der Waals surface area contributed by atoms with Crippen molar-refractivity contribution < 1.29 is 14.4 Å². The first kappa shape index (κ1) is 21.9. The highest BCUT2D eigenvalue weighted by Gasteiger charge is 2.43. The van der Waals surface area contributed by atoms with Gasteiger partial charge in [-0.25, -0.2) is 0 Å². The van der Waals surface area contributed by atoms with E-state index in [2.05, 4.69) is 90.1 Å². The third kappa shape index (κ3) is 4.72. The maximum Gasteiger partial charge on any atom is 0.307 e. The molecule has 2 atom stereocenters. The number of benzene rings is 3. The van der Waals surface area contributed by atoms with Crippen LogP contribution < -0.4 is 0 Å². The molecule has 1 fully saturated rings. The Labute approximate surface area is 199 Å². The van der Waals surface area contributed by atoms with E-state index >= 15 is 0 Å². The van der Waals surface area contributed by atoms with Gasteiger partial charge in [-0.3, -0.25) is 4.79 Å². The Morgan fingerprint density at radius 1 is 0.971 bits per heavy atom. The van der Waals surface area contributed by atoms with Crippen molar-refractivity contribution in [3.8, 4) is 22.5 Å². The van der Waals surface area contributed by atoms with Crippen LogP contribution in [0, 0.1) is 12.8 Å². The lowest BCUT2D eigenvalue weighted by Crippen LogP contribution is -1.98. The number of aliphatic carboxylic acids is 1. The number of nitrogens with zero attached hydrogens (tertiary/aromatic N) is 1. The molecule has 34 heavy (non-hydrogen) atoms. The molecular formula is C30H27NO3. The molecule has 5 rings (SSSR count). The minimum absolute atomic E-state index is 0.155. The number of carboxylic acids is 1. The van der Waals surface area contributed by atoms with Crippen LogP contribution in [0.5, 0.6) is 0 Å². The lowest BCUT2D eigenvalue weighted by molar-refractivity contribution is -0.138. The summed E-state index contributed by atoms with van der Waals surface area (Å²) in [4.78, 5) is 11.1. The Morgan fingerprint density at radius 3 is 2.26 bits per heavy atom. The summed E-state index contributed by atoms with van der Waals surface area (Å²) < 4.78 is 5.67. The Morgan fingerprint density at radius 2 is 1.62 bits per heavy atom. The maximum absolute atomic E-state index is 11.1. The number of hydrogen-bond donors (Lipinski definition) is 1. The van der Waals surface area contributed by atoms with Crippen LogP contribution in [0.15, 0.2) is 89.5 Å². The molecule has 0 bridgehead atoms. The zero-order valence-corrected chi connectivity index (χ0v) is 19.1. The number of hydrogen-bond acceptors (Lipinski definition) is 3. The first-order valence-electron chi connectivity index (χ1n) is 11.7. The van der Waals surface area contributed by atoms with Gasteiger partial charge < -0.3 is 9.63 Å². The van der Waals surface area contributed by atoms with E-state index in [1.165, 1.54) is 5.56 Å². The van der Waals surface area contributed by atoms with Crippen molar-refractivity contribution in [3.63, 3.8) is 0 Å². The number of aromatic nitrogens is 1. The molecule has 4 nitrogen and oxygen atoms in total. The molecule has 3 aromatic carbocycles. The van der Waals surface area contributed by atoms with Crippen molar-refractivity contribution in [2.75, 3.05) is 0 Å². The van der Waals surface area contributed by atoms with Crippen molar-refractivity contribution in [2.24, 2.45) is 5.92 Å². The van der Waals surface area contributed by atoms with E-state index in [9.17, 15) is 4.79 Å². The van der Waals surface area contributed by atoms with Gasteiger partial charge in [0.15, 0.2) is 5.76 Å². The Kier molecular flexibility index (Phi) is 6.13. The first-order chi connectivity index (χ1) is 16.6. The fourth-order valence-corrected chi connectivity index (χ4v) is 4.45. The Hall–Kier alpha value is -3.92. The third-order valence-corrected chi connectivity index (χ3v) is 6.56. The van der Waals surface area contributed by atoms with E-state index in [1.54, 1.807) is 0 Å². The molecule has 1 aliphatic carbocycles. The number of aryl methyl sites for hydroxylation is 2. The van der Waals surface area contributed by atoms with Gasteiger partial charge in [0.2, 0.25) is 0 Å². The lowest BCUT2D eigenvalue weighted by Gasteiger charge is -2.06. The smallest absolute Gasteiger partial charge is 0.307 e. The van der Waals surface area contributed by atoms with Gasteiger partial charge in [-0.05, 0) is 54.4 Å². The number of rotatable bonds is 8. The molecule has 1 heterocycles. The highest BCUT2D eigenvalue weighted by Crippen LogP contribution is 2.47. The normalized spacial score (nSPS) is 17.2. The highest BCUT2D eigenvalue weighted by molar-refractivity contribution is 5.76. The van der Waals surface area contributed by atoms with Gasteiger partial charge >= 0.3 is 5.97 Å². The third-order valence-electron chi connectivity index (χ3n) is 6.56. The van der Waals surface area contributed by atoms with E-state index in [0.29, 0.717) is 0 Å². The van der Waals surface area contributed by atoms with E-state index in [0.717, 1.165) is 58.5 Å². The van der Waals surface area contributed by atoms with Gasteiger partial charge in [-0.1, -0.05) is 96.2 Å². The number of allylic oxidation sites excluding steroid dienone is 1. The molecule has 1 saturated carbocycles. The summed E-state index contributed by atoms with van der Waals surface area (Å²) in [6.45, 7) is 1.97. The van der Waals surface area contributed by atoms with Crippen LogP contribution in [0.25, 0.3) is 28.5 Å². The molecule has 0 saturated heterocycles. The van der Waals surface area contributed by atoms with Crippen molar-refractivity contribution in [3.05, 3.63) is 107 Å². The average molecular weight is 450 g/mol. The minimum atomic E-state index is -0.697. The number of carboxylic acid groups (broad SMARTS) is 1. The molecule has 0 spiro atoms. The van der Waals surface area contributed by atoms with E-state index in [1.807, 2.05) is 13.0 Å². The summed E-state index contributed by atoms with van der Waals surface area (Å²) in [6.07, 6.45) is 6.99. The summed E-state index contributed by atoms with van der Waals surface area (Å²) in [5, 5.41) is 13.3. The van der Waals surface area contributed by atoms with Crippen LogP contribution in [0.4, 0.5) is 0 Å². The van der Waals surface area contributed by atoms with Crippen molar-refractivity contribution >= 4 is 12.0 Å². The van der Waals surface area contributed by atoms with E-state index < -0.39 is 5.97 Å². The second-order valence-corrected chi connectivity index (χ2v) is 8.92. The Balaban J connectivity index is 1.27. The van der Waals surface area contributed by atoms with Gasteiger partial charge in [0, 0.05) is 11.1 Å². The fourth-order valence-electron chi connectivity index (χ4n) is 4.45. The quantitative estimate of drug-likeness (QED) is 0.310. The zero-order chi connectivity index (χ0) is 23.5. The van der Waals surface area contributed by atoms with Gasteiger partial charge in [-0.2, -0.15) is 0 Å². The second-order valence-electron chi connectivity index (χ2n) is 8.92. The molecule has 1 aromatic heterocycles. The molecular weight excluding hydrogens is 422 g/mol. The topological polar surface area (TPSA) is 63.3 Å². The maximum atomic E-state index is 11.1. The molecule has 0 aliphatic heterocycles. The first-order valence-corrected chi connectivity index (χ1v) is 11.7. The summed E-state index contributed by atoms with van der Waals surface area (Å²) in [6, 6.07) is 27.0. The molecule has 4 aromatic rings. The summed E-state index contributed by atoms with van der Waals surface area (Å²) in [7, 11) is 0. The minimum Gasteiger partial charge on any atom is -0.481 e. The van der Waals surface area contributed by atoms with Crippen molar-refractivity contribution in [1.29, 1.82) is 0 Å². The van der Waals surface area contributed by atoms with Crippen molar-refractivity contribution in [1.82, 2.24) is 5.16 Å². The highest BCUT2D eigenvalue weighted by atomic mass is 16.5. The van der Waals surface area contributed by atoms with Crippen LogP contribution >= 0.6 is 0 Å². The number of carbonyl (C=O) groups is 1. The van der Waals surface area contributed by atoms with E-state index in [4.69, 9.17) is 9.63 Å². The van der Waals surface area contributed by atoms with Gasteiger partial charge in [0.05, 0.1) is 11.6 Å². The van der Waals surface area contributed by atoms with Crippen LogP contribution in [-0.2, 0) is 11.2 Å². The molecule has 0 unspecified atom stereocenters. The standard InChI is InChI=1S/C30H27NO3/c1-20-26(10-6-5-9-21-7-3-2-4-8-21)29(34-31-20)25-17-13-23(14-18-25)22-11-15-24(16-12-22)27-19-28(27)30(32)33/h2-4,6-8,10-18,27-28H,5,9,19H2,1H3,(H,32,33)/t27-,28+/m0/s1. The summed E-state index contributed by atoms with van der Waals surface area (Å²) in [5.41, 5.74) is 7.54. The molecule has 1 N–H and O–H groups in total. The second kappa shape index (κ2) is 9.52. The average Bonchev–Trinajstić information content (AvgIpc) is 3.60.